The van der Waals surface area contributed by atoms with E-state index < -0.39 is 7.59 Å². The number of ketones is 2. The molecular weight excluding hydrogens is 241 g/mol. The van der Waals surface area contributed by atoms with Gasteiger partial charge in [-0.05, 0) is 12.2 Å². The van der Waals surface area contributed by atoms with Crippen LogP contribution in [0.3, 0.4) is 0 Å². The second-order valence-electron chi connectivity index (χ2n) is 3.37. The molecule has 6 N–H and O–H groups in total. The highest BCUT2D eigenvalue weighted by Gasteiger charge is 2.16. The van der Waals surface area contributed by atoms with Gasteiger partial charge in [0.15, 0.2) is 11.6 Å². The number of carbonyl (C=O) groups is 2. The first-order valence-electron chi connectivity index (χ1n) is 4.60. The van der Waals surface area contributed by atoms with E-state index in [0.29, 0.717) is 11.1 Å². The summed E-state index contributed by atoms with van der Waals surface area (Å²) >= 11 is 0. The lowest BCUT2D eigenvalue weighted by Crippen LogP contribution is -2.12. The second-order valence-corrected chi connectivity index (χ2v) is 4.90. The lowest BCUT2D eigenvalue weighted by Gasteiger charge is -2.06. The molecule has 1 aromatic rings. The van der Waals surface area contributed by atoms with Crippen LogP contribution in [0.25, 0.3) is 0 Å². The van der Waals surface area contributed by atoms with Crippen LogP contribution in [-0.2, 0) is 4.57 Å². The van der Waals surface area contributed by atoms with Gasteiger partial charge in [-0.1, -0.05) is 24.3 Å². The van der Waals surface area contributed by atoms with Crippen LogP contribution in [0.1, 0.15) is 20.7 Å². The van der Waals surface area contributed by atoms with E-state index >= 15 is 0 Å². The molecule has 0 radical (unpaired) electrons. The maximum atomic E-state index is 11.2. The monoisotopic (exact) mass is 253 g/mol. The second kappa shape index (κ2) is 5.16. The maximum Gasteiger partial charge on any atom is 0.271 e. The Balaban J connectivity index is 0.000000249. The molecule has 0 fully saturated rings. The van der Waals surface area contributed by atoms with Crippen molar-refractivity contribution in [2.45, 2.75) is 0 Å². The molecule has 90 valence electrons. The zero-order chi connectivity index (χ0) is 13.1. The van der Waals surface area contributed by atoms with Gasteiger partial charge in [0.25, 0.3) is 7.59 Å². The van der Waals surface area contributed by atoms with E-state index in [9.17, 15) is 14.2 Å². The normalized spacial score (nSPS) is 13.8. The van der Waals surface area contributed by atoms with Gasteiger partial charge in [0.05, 0.1) is 0 Å². The first-order chi connectivity index (χ1) is 7.79. The highest BCUT2D eigenvalue weighted by Crippen LogP contribution is 2.15. The van der Waals surface area contributed by atoms with E-state index in [1.54, 1.807) is 24.3 Å². The van der Waals surface area contributed by atoms with Gasteiger partial charge in [0, 0.05) is 11.1 Å². The third kappa shape index (κ3) is 4.42. The van der Waals surface area contributed by atoms with Crippen LogP contribution >= 0.6 is 7.59 Å². The summed E-state index contributed by atoms with van der Waals surface area (Å²) in [5, 5.41) is 0. The molecule has 0 saturated heterocycles. The summed E-state index contributed by atoms with van der Waals surface area (Å²) in [6, 6.07) is 6.84. The summed E-state index contributed by atoms with van der Waals surface area (Å²) in [6.45, 7) is 0. The molecule has 1 aliphatic carbocycles. The number of hydrogen-bond acceptors (Lipinski definition) is 3. The lowest BCUT2D eigenvalue weighted by atomic mass is 9.95. The number of nitrogens with two attached hydrogens (primary N) is 3. The van der Waals surface area contributed by atoms with Gasteiger partial charge in [-0.3, -0.25) is 30.7 Å². The molecule has 0 aromatic heterocycles. The number of allylic oxidation sites excluding steroid dienone is 2. The van der Waals surface area contributed by atoms with Gasteiger partial charge in [-0.15, -0.1) is 0 Å². The molecule has 7 heteroatoms. The molecule has 2 rings (SSSR count). The van der Waals surface area contributed by atoms with E-state index in [1.807, 2.05) is 0 Å². The van der Waals surface area contributed by atoms with Crippen molar-refractivity contribution in [1.82, 2.24) is 0 Å². The predicted octanol–water partition coefficient (Wildman–Crippen LogP) is 0.592. The first-order valence-corrected chi connectivity index (χ1v) is 6.52. The average molecular weight is 253 g/mol. The number of fused-ring (bicyclic) bond motifs is 1. The van der Waals surface area contributed by atoms with Crippen molar-refractivity contribution in [2.24, 2.45) is 16.5 Å². The van der Waals surface area contributed by atoms with Crippen LogP contribution in [0.5, 0.6) is 0 Å². The molecule has 0 saturated carbocycles. The van der Waals surface area contributed by atoms with Crippen LogP contribution in [0.4, 0.5) is 0 Å². The molecule has 0 atom stereocenters. The molecule has 1 aliphatic rings. The summed E-state index contributed by atoms with van der Waals surface area (Å²) in [4.78, 5) is 22.4. The summed E-state index contributed by atoms with van der Waals surface area (Å²) in [5.74, 6) is -0.185. The van der Waals surface area contributed by atoms with Gasteiger partial charge in [-0.2, -0.15) is 0 Å². The third-order valence-electron chi connectivity index (χ3n) is 1.84. The van der Waals surface area contributed by atoms with Gasteiger partial charge < -0.3 is 0 Å². The minimum absolute atomic E-state index is 0.0924. The van der Waals surface area contributed by atoms with E-state index in [1.165, 1.54) is 12.2 Å². The molecule has 0 amide bonds. The topological polar surface area (TPSA) is 129 Å². The van der Waals surface area contributed by atoms with Gasteiger partial charge >= 0.3 is 0 Å². The minimum atomic E-state index is -3.14. The molecule has 0 heterocycles. The van der Waals surface area contributed by atoms with Crippen molar-refractivity contribution in [3.05, 3.63) is 47.5 Å². The largest absolute Gasteiger partial charge is 0.289 e. The zero-order valence-electron chi connectivity index (χ0n) is 8.87. The Bertz CT molecular complexity index is 488. The Hall–Kier alpha value is -1.59. The number of hydrogen-bond donors (Lipinski definition) is 3. The first kappa shape index (κ1) is 13.5. The minimum Gasteiger partial charge on any atom is -0.289 e. The number of rotatable bonds is 0. The Labute approximate surface area is 98.0 Å². The molecule has 0 aliphatic heterocycles. The maximum absolute atomic E-state index is 11.2. The van der Waals surface area contributed by atoms with Gasteiger partial charge in [0.1, 0.15) is 0 Å². The van der Waals surface area contributed by atoms with Crippen molar-refractivity contribution in [3.63, 3.8) is 0 Å². The zero-order valence-corrected chi connectivity index (χ0v) is 9.76. The Kier molecular flexibility index (Phi) is 4.09. The van der Waals surface area contributed by atoms with Crippen molar-refractivity contribution >= 4 is 19.2 Å². The summed E-state index contributed by atoms with van der Waals surface area (Å²) in [6.07, 6.45) is 2.62. The SMILES string of the molecule is NP(N)(N)=O.O=C1C=CC(=O)c2ccccc21. The summed E-state index contributed by atoms with van der Waals surface area (Å²) in [7, 11) is -3.14. The quantitative estimate of drug-likeness (QED) is 0.580. The van der Waals surface area contributed by atoms with Crippen LogP contribution in [-0.4, -0.2) is 11.6 Å². The number of benzene rings is 1. The summed E-state index contributed by atoms with van der Waals surface area (Å²) < 4.78 is 9.55. The molecule has 6 nitrogen and oxygen atoms in total. The predicted molar refractivity (Wildman–Crippen MR) is 64.4 cm³/mol. The van der Waals surface area contributed by atoms with Crippen molar-refractivity contribution < 1.29 is 14.2 Å². The van der Waals surface area contributed by atoms with E-state index in [0.717, 1.165) is 0 Å². The number of carbonyl (C=O) groups excluding carboxylic acids is 2. The van der Waals surface area contributed by atoms with Crippen LogP contribution < -0.4 is 16.5 Å². The molecule has 0 unspecified atom stereocenters. The Morgan fingerprint density at radius 2 is 1.12 bits per heavy atom. The van der Waals surface area contributed by atoms with E-state index in [2.05, 4.69) is 16.5 Å². The van der Waals surface area contributed by atoms with Crippen molar-refractivity contribution in [3.8, 4) is 0 Å². The van der Waals surface area contributed by atoms with Crippen molar-refractivity contribution in [2.75, 3.05) is 0 Å². The molecule has 0 spiro atoms. The van der Waals surface area contributed by atoms with Crippen LogP contribution in [0.2, 0.25) is 0 Å². The molecular formula is C10H12N3O3P. The molecule has 17 heavy (non-hydrogen) atoms. The molecule has 0 bridgehead atoms. The van der Waals surface area contributed by atoms with E-state index in [4.69, 9.17) is 0 Å². The van der Waals surface area contributed by atoms with Crippen LogP contribution in [0, 0.1) is 0 Å². The molecule has 1 aromatic carbocycles. The van der Waals surface area contributed by atoms with Crippen LogP contribution in [0.15, 0.2) is 36.4 Å². The standard InChI is InChI=1S/C10H6O2.H6N3OP/c11-9-5-6-10(12)8-4-2-1-3-7(8)9;1-5(2,3)4/h1-6H;(H6,1,2,3,4). The summed E-state index contributed by atoms with van der Waals surface area (Å²) in [5.41, 5.74) is 14.4. The Morgan fingerprint density at radius 1 is 0.824 bits per heavy atom. The van der Waals surface area contributed by atoms with Gasteiger partial charge in [0.2, 0.25) is 0 Å². The average Bonchev–Trinajstić information content (AvgIpc) is 2.22. The highest BCUT2D eigenvalue weighted by molar-refractivity contribution is 7.56. The smallest absolute Gasteiger partial charge is 0.271 e. The van der Waals surface area contributed by atoms with Crippen molar-refractivity contribution in [1.29, 1.82) is 0 Å². The fraction of sp³-hybridized carbons (Fsp3) is 0. The fourth-order valence-corrected chi connectivity index (χ4v) is 1.24. The highest BCUT2D eigenvalue weighted by atomic mass is 31.2. The Morgan fingerprint density at radius 3 is 1.41 bits per heavy atom. The van der Waals surface area contributed by atoms with Gasteiger partial charge in [-0.25, -0.2) is 0 Å². The van der Waals surface area contributed by atoms with E-state index in [-0.39, 0.29) is 11.6 Å². The fourth-order valence-electron chi connectivity index (χ4n) is 1.24. The lowest BCUT2D eigenvalue weighted by molar-refractivity contribution is 0.0994. The third-order valence-corrected chi connectivity index (χ3v) is 1.84.